The van der Waals surface area contributed by atoms with Crippen LogP contribution in [0.15, 0.2) is 39.8 Å². The van der Waals surface area contributed by atoms with Crippen molar-refractivity contribution in [1.82, 2.24) is 10.0 Å². The molecular weight excluding hydrogens is 372 g/mol. The van der Waals surface area contributed by atoms with E-state index in [9.17, 15) is 13.2 Å². The monoisotopic (exact) mass is 394 g/mol. The van der Waals surface area contributed by atoms with Gasteiger partial charge in [0.1, 0.15) is 13.2 Å². The van der Waals surface area contributed by atoms with Gasteiger partial charge >= 0.3 is 0 Å². The molecule has 2 N–H and O–H groups in total. The average molecular weight is 394 g/mol. The van der Waals surface area contributed by atoms with E-state index in [0.717, 1.165) is 5.56 Å². The second kappa shape index (κ2) is 7.24. The SMILES string of the molecule is CC(C)(C)NS(=O)(=O)c1ccc(C(=O)NCc2ccc3c(c2)OCCO3)o1. The molecule has 0 spiro atoms. The van der Waals surface area contributed by atoms with Gasteiger partial charge in [-0.25, -0.2) is 13.1 Å². The number of nitrogens with one attached hydrogen (secondary N) is 2. The summed E-state index contributed by atoms with van der Waals surface area (Å²) in [5.41, 5.74) is 0.160. The molecule has 0 atom stereocenters. The molecule has 0 bridgehead atoms. The molecule has 1 aromatic carbocycles. The van der Waals surface area contributed by atoms with Crippen molar-refractivity contribution in [2.24, 2.45) is 0 Å². The zero-order valence-electron chi connectivity index (χ0n) is 15.4. The van der Waals surface area contributed by atoms with Crippen LogP contribution in [0, 0.1) is 0 Å². The number of hydrogen-bond acceptors (Lipinski definition) is 6. The smallest absolute Gasteiger partial charge is 0.287 e. The molecule has 0 saturated heterocycles. The molecule has 0 aliphatic carbocycles. The third-order valence-electron chi connectivity index (χ3n) is 3.57. The van der Waals surface area contributed by atoms with E-state index in [-0.39, 0.29) is 17.4 Å². The number of amides is 1. The predicted octanol–water partition coefficient (Wildman–Crippen LogP) is 2.06. The van der Waals surface area contributed by atoms with Gasteiger partial charge in [0.2, 0.25) is 5.09 Å². The van der Waals surface area contributed by atoms with Crippen LogP contribution in [0.4, 0.5) is 0 Å². The van der Waals surface area contributed by atoms with Crippen LogP contribution >= 0.6 is 0 Å². The molecule has 1 aromatic heterocycles. The molecule has 0 unspecified atom stereocenters. The number of carbonyl (C=O) groups is 1. The number of rotatable bonds is 5. The number of hydrogen-bond donors (Lipinski definition) is 2. The second-order valence-electron chi connectivity index (χ2n) is 7.13. The lowest BCUT2D eigenvalue weighted by Crippen LogP contribution is -2.40. The Labute approximate surface area is 157 Å². The normalized spacial score (nSPS) is 14.0. The first kappa shape index (κ1) is 19.2. The lowest BCUT2D eigenvalue weighted by Gasteiger charge is -2.19. The van der Waals surface area contributed by atoms with Crippen LogP contribution in [0.5, 0.6) is 11.5 Å². The van der Waals surface area contributed by atoms with Crippen molar-refractivity contribution < 1.29 is 27.1 Å². The summed E-state index contributed by atoms with van der Waals surface area (Å²) in [5.74, 6) is 0.708. The molecule has 0 saturated carbocycles. The molecule has 1 aliphatic heterocycles. The molecule has 2 heterocycles. The first-order valence-electron chi connectivity index (χ1n) is 8.45. The highest BCUT2D eigenvalue weighted by Crippen LogP contribution is 2.30. The van der Waals surface area contributed by atoms with Crippen molar-refractivity contribution >= 4 is 15.9 Å². The maximum absolute atomic E-state index is 12.3. The Morgan fingerprint density at radius 1 is 1.07 bits per heavy atom. The highest BCUT2D eigenvalue weighted by atomic mass is 32.2. The van der Waals surface area contributed by atoms with Gasteiger partial charge in [-0.05, 0) is 50.6 Å². The van der Waals surface area contributed by atoms with Crippen LogP contribution in [-0.2, 0) is 16.6 Å². The van der Waals surface area contributed by atoms with Gasteiger partial charge in [0.05, 0.1) is 0 Å². The standard InChI is InChI=1S/C18H22N2O6S/c1-18(2,3)20-27(22,23)16-7-6-14(26-16)17(21)19-11-12-4-5-13-15(10-12)25-9-8-24-13/h4-7,10,20H,8-9,11H2,1-3H3,(H,19,21). The van der Waals surface area contributed by atoms with Crippen molar-refractivity contribution in [2.75, 3.05) is 13.2 Å². The maximum Gasteiger partial charge on any atom is 0.287 e. The fourth-order valence-corrected chi connectivity index (χ4v) is 3.86. The Morgan fingerprint density at radius 3 is 2.48 bits per heavy atom. The Hall–Kier alpha value is -2.52. The third-order valence-corrected chi connectivity index (χ3v) is 5.20. The van der Waals surface area contributed by atoms with Crippen molar-refractivity contribution in [2.45, 2.75) is 37.9 Å². The zero-order valence-corrected chi connectivity index (χ0v) is 16.2. The molecule has 1 amide bonds. The molecule has 0 radical (unpaired) electrons. The minimum absolute atomic E-state index is 0.0816. The van der Waals surface area contributed by atoms with E-state index in [2.05, 4.69) is 10.0 Å². The van der Waals surface area contributed by atoms with E-state index in [1.54, 1.807) is 32.9 Å². The van der Waals surface area contributed by atoms with E-state index in [0.29, 0.717) is 24.7 Å². The quantitative estimate of drug-likeness (QED) is 0.804. The van der Waals surface area contributed by atoms with Gasteiger partial charge < -0.3 is 19.2 Å². The first-order valence-corrected chi connectivity index (χ1v) is 9.93. The third kappa shape index (κ3) is 4.81. The van der Waals surface area contributed by atoms with E-state index >= 15 is 0 Å². The minimum atomic E-state index is -3.84. The lowest BCUT2D eigenvalue weighted by molar-refractivity contribution is 0.0917. The van der Waals surface area contributed by atoms with Crippen molar-refractivity contribution in [1.29, 1.82) is 0 Å². The van der Waals surface area contributed by atoms with Crippen molar-refractivity contribution in [3.63, 3.8) is 0 Å². The fraction of sp³-hybridized carbons (Fsp3) is 0.389. The molecular formula is C18H22N2O6S. The summed E-state index contributed by atoms with van der Waals surface area (Å²) in [6.45, 7) is 6.38. The highest BCUT2D eigenvalue weighted by molar-refractivity contribution is 7.89. The van der Waals surface area contributed by atoms with Gasteiger partial charge in [-0.2, -0.15) is 0 Å². The number of benzene rings is 1. The summed E-state index contributed by atoms with van der Waals surface area (Å²) in [6.07, 6.45) is 0. The maximum atomic E-state index is 12.3. The number of sulfonamides is 1. The first-order chi connectivity index (χ1) is 12.6. The number of furan rings is 1. The number of ether oxygens (including phenoxy) is 2. The predicted molar refractivity (Wildman–Crippen MR) is 97.4 cm³/mol. The molecule has 1 aliphatic rings. The van der Waals surface area contributed by atoms with Gasteiger partial charge in [0.15, 0.2) is 17.3 Å². The fourth-order valence-electron chi connectivity index (χ4n) is 2.51. The summed E-state index contributed by atoms with van der Waals surface area (Å²) >= 11 is 0. The zero-order chi connectivity index (χ0) is 19.7. The van der Waals surface area contributed by atoms with Crippen molar-refractivity contribution in [3.05, 3.63) is 41.7 Å². The molecule has 146 valence electrons. The number of fused-ring (bicyclic) bond motifs is 1. The summed E-state index contributed by atoms with van der Waals surface area (Å²) in [6, 6.07) is 7.98. The molecule has 27 heavy (non-hydrogen) atoms. The molecule has 0 fully saturated rings. The van der Waals surface area contributed by atoms with Crippen molar-refractivity contribution in [3.8, 4) is 11.5 Å². The lowest BCUT2D eigenvalue weighted by atomic mass is 10.1. The summed E-state index contributed by atoms with van der Waals surface area (Å²) in [5, 5.41) is 2.39. The van der Waals surface area contributed by atoms with Crippen LogP contribution in [0.1, 0.15) is 36.9 Å². The second-order valence-corrected chi connectivity index (χ2v) is 8.75. The summed E-state index contributed by atoms with van der Waals surface area (Å²) in [7, 11) is -3.84. The van der Waals surface area contributed by atoms with Gasteiger partial charge in [-0.1, -0.05) is 6.07 Å². The van der Waals surface area contributed by atoms with Gasteiger partial charge in [-0.3, -0.25) is 4.79 Å². The van der Waals surface area contributed by atoms with Crippen LogP contribution in [0.25, 0.3) is 0 Å². The van der Waals surface area contributed by atoms with E-state index in [1.165, 1.54) is 12.1 Å². The summed E-state index contributed by atoms with van der Waals surface area (Å²) in [4.78, 5) is 12.3. The van der Waals surface area contributed by atoms with Gasteiger partial charge in [0.25, 0.3) is 15.9 Å². The van der Waals surface area contributed by atoms with Crippen LogP contribution in [0.2, 0.25) is 0 Å². The Morgan fingerprint density at radius 2 is 1.78 bits per heavy atom. The van der Waals surface area contributed by atoms with Gasteiger partial charge in [-0.15, -0.1) is 0 Å². The molecule has 2 aromatic rings. The average Bonchev–Trinajstić information content (AvgIpc) is 3.08. The summed E-state index contributed by atoms with van der Waals surface area (Å²) < 4.78 is 43.1. The molecule has 9 heteroatoms. The Balaban J connectivity index is 1.65. The van der Waals surface area contributed by atoms with E-state index in [4.69, 9.17) is 13.9 Å². The number of carbonyl (C=O) groups excluding carboxylic acids is 1. The Bertz CT molecular complexity index is 943. The molecule has 3 rings (SSSR count). The largest absolute Gasteiger partial charge is 0.486 e. The van der Waals surface area contributed by atoms with Crippen LogP contribution in [-0.4, -0.2) is 33.1 Å². The van der Waals surface area contributed by atoms with Gasteiger partial charge in [0, 0.05) is 12.1 Å². The highest BCUT2D eigenvalue weighted by Gasteiger charge is 2.26. The van der Waals surface area contributed by atoms with E-state index in [1.807, 2.05) is 6.07 Å². The van der Waals surface area contributed by atoms with Crippen LogP contribution in [0.3, 0.4) is 0 Å². The van der Waals surface area contributed by atoms with E-state index < -0.39 is 21.5 Å². The molecule has 8 nitrogen and oxygen atoms in total. The Kier molecular flexibility index (Phi) is 5.16. The van der Waals surface area contributed by atoms with Crippen LogP contribution < -0.4 is 19.5 Å². The minimum Gasteiger partial charge on any atom is -0.486 e. The topological polar surface area (TPSA) is 107 Å².